The number of hydrogen-bond donors (Lipinski definition) is 1. The Kier molecular flexibility index (Phi) is 2.44. The summed E-state index contributed by atoms with van der Waals surface area (Å²) >= 11 is -2.10. The highest BCUT2D eigenvalue weighted by Crippen LogP contribution is 2.20. The molecule has 1 aromatic carbocycles. The Hall–Kier alpha value is -0.710. The quantitative estimate of drug-likeness (QED) is 0.668. The zero-order valence-electron chi connectivity index (χ0n) is 7.08. The van der Waals surface area contributed by atoms with E-state index in [1.54, 1.807) is 12.1 Å². The van der Waals surface area contributed by atoms with Crippen molar-refractivity contribution in [3.8, 4) is 0 Å². The van der Waals surface area contributed by atoms with Crippen molar-refractivity contribution in [3.63, 3.8) is 0 Å². The Balaban J connectivity index is 2.52. The highest BCUT2D eigenvalue weighted by Gasteiger charge is 2.11. The van der Waals surface area contributed by atoms with Crippen LogP contribution >= 0.6 is 0 Å². The molecule has 1 N–H and O–H groups in total. The molecule has 13 heavy (non-hydrogen) atoms. The molecule has 3 nitrogen and oxygen atoms in total. The number of benzene rings is 1. The minimum Gasteiger partial charge on any atom is -0.768 e. The van der Waals surface area contributed by atoms with E-state index in [0.29, 0.717) is 4.90 Å². The molecule has 0 amide bonds. The van der Waals surface area contributed by atoms with Gasteiger partial charge in [-0.25, -0.2) is 0 Å². The van der Waals surface area contributed by atoms with Gasteiger partial charge in [0.05, 0.1) is 0 Å². The average Bonchev–Trinajstić information content (AvgIpc) is 2.17. The third kappa shape index (κ3) is 1.65. The fourth-order valence-corrected chi connectivity index (χ4v) is 2.28. The summed E-state index contributed by atoms with van der Waals surface area (Å²) in [4.78, 5) is 0.457. The van der Waals surface area contributed by atoms with Gasteiger partial charge in [-0.15, -0.1) is 0 Å². The highest BCUT2D eigenvalue weighted by atomic mass is 32.2. The number of rotatable bonds is 1. The summed E-state index contributed by atoms with van der Waals surface area (Å²) in [6.07, 6.45) is 0.805. The fraction of sp³-hybridized carbons (Fsp3) is 0.333. The molecule has 1 atom stereocenters. The monoisotopic (exact) mass is 196 g/mol. The molecule has 2 rings (SSSR count). The molecular formula is C9H10NO2S-. The third-order valence-electron chi connectivity index (χ3n) is 2.28. The molecule has 1 aliphatic rings. The first kappa shape index (κ1) is 8.87. The highest BCUT2D eigenvalue weighted by molar-refractivity contribution is 7.79. The van der Waals surface area contributed by atoms with Crippen LogP contribution < -0.4 is 5.32 Å². The zero-order valence-corrected chi connectivity index (χ0v) is 7.89. The minimum absolute atomic E-state index is 0.457. The van der Waals surface area contributed by atoms with Gasteiger partial charge in [0.2, 0.25) is 0 Å². The number of fused-ring (bicyclic) bond motifs is 1. The van der Waals surface area contributed by atoms with Crippen LogP contribution in [0.2, 0.25) is 0 Å². The maximum absolute atomic E-state index is 10.9. The normalized spacial score (nSPS) is 17.9. The molecule has 0 aromatic heterocycles. The van der Waals surface area contributed by atoms with Crippen molar-refractivity contribution < 1.29 is 8.76 Å². The van der Waals surface area contributed by atoms with E-state index in [9.17, 15) is 8.76 Å². The lowest BCUT2D eigenvalue weighted by Gasteiger charge is -2.20. The molecule has 1 heterocycles. The first-order valence-corrected chi connectivity index (χ1v) is 5.27. The van der Waals surface area contributed by atoms with Gasteiger partial charge in [0.15, 0.2) is 0 Å². The van der Waals surface area contributed by atoms with Crippen LogP contribution in [0.4, 0.5) is 0 Å². The van der Waals surface area contributed by atoms with Crippen LogP contribution in [0.5, 0.6) is 0 Å². The molecule has 1 aromatic rings. The second kappa shape index (κ2) is 3.57. The third-order valence-corrected chi connectivity index (χ3v) is 3.02. The van der Waals surface area contributed by atoms with E-state index >= 15 is 0 Å². The summed E-state index contributed by atoms with van der Waals surface area (Å²) in [6, 6.07) is 5.42. The van der Waals surface area contributed by atoms with Crippen LogP contribution in [0.15, 0.2) is 23.1 Å². The molecular weight excluding hydrogens is 186 g/mol. The largest absolute Gasteiger partial charge is 0.768 e. The van der Waals surface area contributed by atoms with Gasteiger partial charge >= 0.3 is 0 Å². The van der Waals surface area contributed by atoms with E-state index in [1.807, 2.05) is 6.07 Å². The molecule has 70 valence electrons. The summed E-state index contributed by atoms with van der Waals surface area (Å²) in [7, 11) is 0. The predicted molar refractivity (Wildman–Crippen MR) is 49.0 cm³/mol. The molecule has 0 spiro atoms. The molecule has 0 aliphatic carbocycles. The summed E-state index contributed by atoms with van der Waals surface area (Å²) < 4.78 is 21.7. The van der Waals surface area contributed by atoms with Crippen molar-refractivity contribution in [2.24, 2.45) is 0 Å². The van der Waals surface area contributed by atoms with Crippen molar-refractivity contribution >= 4 is 11.1 Å². The van der Waals surface area contributed by atoms with Crippen molar-refractivity contribution in [3.05, 3.63) is 29.3 Å². The van der Waals surface area contributed by atoms with Gasteiger partial charge in [0, 0.05) is 11.4 Å². The summed E-state index contributed by atoms with van der Waals surface area (Å²) in [5.41, 5.74) is 2.09. The van der Waals surface area contributed by atoms with E-state index < -0.39 is 11.1 Å². The van der Waals surface area contributed by atoms with E-state index in [-0.39, 0.29) is 0 Å². The van der Waals surface area contributed by atoms with E-state index in [4.69, 9.17) is 0 Å². The summed E-state index contributed by atoms with van der Waals surface area (Å²) in [6.45, 7) is 1.64. The Morgan fingerprint density at radius 2 is 2.31 bits per heavy atom. The molecule has 0 saturated heterocycles. The lowest BCUT2D eigenvalue weighted by Crippen LogP contribution is -2.24. The lowest BCUT2D eigenvalue weighted by molar-refractivity contribution is 0.533. The Labute approximate surface area is 79.4 Å². The van der Waals surface area contributed by atoms with Crippen molar-refractivity contribution in [1.82, 2.24) is 5.32 Å². The average molecular weight is 196 g/mol. The van der Waals surface area contributed by atoms with Crippen LogP contribution in [-0.2, 0) is 24.0 Å². The van der Waals surface area contributed by atoms with Gasteiger partial charge < -0.3 is 9.87 Å². The molecule has 0 radical (unpaired) electrons. The Morgan fingerprint density at radius 3 is 3.08 bits per heavy atom. The number of hydrogen-bond acceptors (Lipinski definition) is 3. The van der Waals surface area contributed by atoms with Crippen LogP contribution in [0.3, 0.4) is 0 Å². The van der Waals surface area contributed by atoms with Crippen LogP contribution in [-0.4, -0.2) is 15.3 Å². The van der Waals surface area contributed by atoms with Gasteiger partial charge in [-0.1, -0.05) is 12.1 Å². The summed E-state index contributed by atoms with van der Waals surface area (Å²) in [5.74, 6) is 0. The predicted octanol–water partition coefficient (Wildman–Crippen LogP) is 0.570. The standard InChI is InChI=1S/C9H11NO2S/c11-13(12)9-3-1-2-7-6-10-5-4-8(7)9/h1-3,10H,4-6H2,(H,11,12)/p-1. The van der Waals surface area contributed by atoms with Gasteiger partial charge in [0.25, 0.3) is 0 Å². The maximum atomic E-state index is 10.9. The molecule has 0 saturated carbocycles. The summed E-state index contributed by atoms with van der Waals surface area (Å²) in [5, 5.41) is 3.21. The fourth-order valence-electron chi connectivity index (χ4n) is 1.65. The van der Waals surface area contributed by atoms with Crippen LogP contribution in [0.25, 0.3) is 0 Å². The SMILES string of the molecule is O=S([O-])c1cccc2c1CCNC2. The molecule has 0 bridgehead atoms. The van der Waals surface area contributed by atoms with Crippen molar-refractivity contribution in [2.45, 2.75) is 17.9 Å². The maximum Gasteiger partial charge on any atom is 0.0284 e. The van der Waals surface area contributed by atoms with E-state index in [0.717, 1.165) is 30.6 Å². The molecule has 1 unspecified atom stereocenters. The zero-order chi connectivity index (χ0) is 9.26. The van der Waals surface area contributed by atoms with Gasteiger partial charge in [-0.05, 0) is 41.2 Å². The van der Waals surface area contributed by atoms with Crippen LogP contribution in [0, 0.1) is 0 Å². The lowest BCUT2D eigenvalue weighted by atomic mass is 10.0. The molecule has 1 aliphatic heterocycles. The van der Waals surface area contributed by atoms with Gasteiger partial charge in [-0.2, -0.15) is 0 Å². The Bertz CT molecular complexity index is 351. The molecule has 0 fully saturated rings. The van der Waals surface area contributed by atoms with Crippen molar-refractivity contribution in [2.75, 3.05) is 6.54 Å². The minimum atomic E-state index is -2.10. The number of nitrogens with one attached hydrogen (secondary N) is 1. The van der Waals surface area contributed by atoms with Crippen molar-refractivity contribution in [1.29, 1.82) is 0 Å². The second-order valence-electron chi connectivity index (χ2n) is 3.06. The first-order valence-electron chi connectivity index (χ1n) is 4.20. The second-order valence-corrected chi connectivity index (χ2v) is 3.96. The van der Waals surface area contributed by atoms with E-state index in [1.165, 1.54) is 0 Å². The van der Waals surface area contributed by atoms with E-state index in [2.05, 4.69) is 5.32 Å². The first-order chi connectivity index (χ1) is 6.29. The smallest absolute Gasteiger partial charge is 0.0284 e. The van der Waals surface area contributed by atoms with Gasteiger partial charge in [0.1, 0.15) is 0 Å². The van der Waals surface area contributed by atoms with Gasteiger partial charge in [-0.3, -0.25) is 4.21 Å². The topological polar surface area (TPSA) is 52.2 Å². The Morgan fingerprint density at radius 1 is 1.46 bits per heavy atom. The van der Waals surface area contributed by atoms with Crippen LogP contribution in [0.1, 0.15) is 11.1 Å². The molecule has 4 heteroatoms.